The predicted octanol–water partition coefficient (Wildman–Crippen LogP) is 16.3. The van der Waals surface area contributed by atoms with E-state index < -0.39 is 20.0 Å². The topological polar surface area (TPSA) is 105 Å². The summed E-state index contributed by atoms with van der Waals surface area (Å²) in [5, 5.41) is 13.9. The number of phosphoric ester groups is 1. The Kier molecular flexibility index (Phi) is 45.8. The molecule has 0 aromatic rings. The Labute approximate surface area is 392 Å². The molecule has 0 saturated carbocycles. The highest BCUT2D eigenvalue weighted by atomic mass is 31.2. The summed E-state index contributed by atoms with van der Waals surface area (Å²) >= 11 is 0. The van der Waals surface area contributed by atoms with Gasteiger partial charge in [-0.25, -0.2) is 4.57 Å². The van der Waals surface area contributed by atoms with E-state index in [1.54, 1.807) is 6.08 Å². The highest BCUT2D eigenvalue weighted by Gasteiger charge is 2.27. The van der Waals surface area contributed by atoms with Gasteiger partial charge in [0.2, 0.25) is 5.91 Å². The van der Waals surface area contributed by atoms with Crippen LogP contribution in [0.1, 0.15) is 277 Å². The maximum Gasteiger partial charge on any atom is 0.472 e. The smallest absolute Gasteiger partial charge is 0.387 e. The van der Waals surface area contributed by atoms with Gasteiger partial charge in [0, 0.05) is 6.42 Å². The van der Waals surface area contributed by atoms with Crippen molar-refractivity contribution in [2.75, 3.05) is 40.9 Å². The number of hydrogen-bond acceptors (Lipinski definition) is 5. The van der Waals surface area contributed by atoms with E-state index in [0.717, 1.165) is 38.5 Å². The molecule has 0 aromatic heterocycles. The fourth-order valence-electron chi connectivity index (χ4n) is 8.40. The molecular weight excluding hydrogens is 804 g/mol. The summed E-state index contributed by atoms with van der Waals surface area (Å²) in [6.07, 6.45) is 56.0. The third-order valence-corrected chi connectivity index (χ3v) is 13.7. The van der Waals surface area contributed by atoms with E-state index in [-0.39, 0.29) is 19.1 Å². The number of allylic oxidation sites excluding steroid dienone is 1. The molecule has 8 nitrogen and oxygen atoms in total. The summed E-state index contributed by atoms with van der Waals surface area (Å²) in [5.74, 6) is -0.171. The normalized spacial score (nSPS) is 14.1. The molecule has 0 heterocycles. The van der Waals surface area contributed by atoms with E-state index >= 15 is 0 Å². The number of carbonyl (C=O) groups excluding carboxylic acids is 1. The van der Waals surface area contributed by atoms with Crippen LogP contribution in [-0.4, -0.2) is 73.4 Å². The Hall–Kier alpha value is -0.760. The molecule has 0 aliphatic carbocycles. The van der Waals surface area contributed by atoms with Crippen molar-refractivity contribution in [1.29, 1.82) is 0 Å². The van der Waals surface area contributed by atoms with E-state index in [9.17, 15) is 19.4 Å². The van der Waals surface area contributed by atoms with Gasteiger partial charge in [-0.1, -0.05) is 264 Å². The quantitative estimate of drug-likeness (QED) is 0.0243. The molecule has 0 bridgehead atoms. The molecule has 0 fully saturated rings. The van der Waals surface area contributed by atoms with Gasteiger partial charge in [-0.3, -0.25) is 13.8 Å². The molecule has 9 heteroatoms. The molecule has 63 heavy (non-hydrogen) atoms. The third kappa shape index (κ3) is 49.0. The Balaban J connectivity index is 4.06. The lowest BCUT2D eigenvalue weighted by atomic mass is 10.0. The molecular formula is C54H110N2O6P+. The first-order valence-electron chi connectivity index (χ1n) is 27.6. The first-order valence-corrected chi connectivity index (χ1v) is 29.1. The Morgan fingerprint density at radius 2 is 0.841 bits per heavy atom. The number of likely N-dealkylation sites (N-methyl/N-ethyl adjacent to an activating group) is 1. The van der Waals surface area contributed by atoms with Crippen molar-refractivity contribution in [2.24, 2.45) is 0 Å². The number of nitrogens with one attached hydrogen (secondary N) is 1. The number of carbonyl (C=O) groups is 1. The summed E-state index contributed by atoms with van der Waals surface area (Å²) in [5.41, 5.74) is 0. The first-order chi connectivity index (χ1) is 30.5. The van der Waals surface area contributed by atoms with Crippen molar-refractivity contribution in [3.63, 3.8) is 0 Å². The summed E-state index contributed by atoms with van der Waals surface area (Å²) in [7, 11) is 1.59. The summed E-state index contributed by atoms with van der Waals surface area (Å²) in [6.45, 7) is 4.85. The highest BCUT2D eigenvalue weighted by molar-refractivity contribution is 7.47. The van der Waals surface area contributed by atoms with Crippen LogP contribution in [0.25, 0.3) is 0 Å². The first kappa shape index (κ1) is 62.2. The lowest BCUT2D eigenvalue weighted by Gasteiger charge is -2.25. The van der Waals surface area contributed by atoms with Gasteiger partial charge in [-0.2, -0.15) is 0 Å². The highest BCUT2D eigenvalue weighted by Crippen LogP contribution is 2.43. The Bertz CT molecular complexity index is 1040. The average Bonchev–Trinajstić information content (AvgIpc) is 3.24. The van der Waals surface area contributed by atoms with Crippen LogP contribution in [0.15, 0.2) is 12.2 Å². The SMILES string of the molecule is CCCCCCCCCCCCC/C=C/C(O)C(COP(=O)(O)OCC[N+](C)(C)C)NC(=O)CCCCCCCCCCCCCCCCCCCCCCCCCCCCCC. The Morgan fingerprint density at radius 3 is 1.17 bits per heavy atom. The van der Waals surface area contributed by atoms with Crippen LogP contribution in [0, 0.1) is 0 Å². The van der Waals surface area contributed by atoms with Gasteiger partial charge < -0.3 is 19.8 Å². The minimum Gasteiger partial charge on any atom is -0.387 e. The fourth-order valence-corrected chi connectivity index (χ4v) is 9.13. The second-order valence-electron chi connectivity index (χ2n) is 20.3. The summed E-state index contributed by atoms with van der Waals surface area (Å²) in [4.78, 5) is 23.2. The lowest BCUT2D eigenvalue weighted by Crippen LogP contribution is -2.45. The largest absolute Gasteiger partial charge is 0.472 e. The minimum absolute atomic E-state index is 0.0649. The molecule has 376 valence electrons. The molecule has 3 N–H and O–H groups in total. The maximum absolute atomic E-state index is 12.9. The van der Waals surface area contributed by atoms with Crippen molar-refractivity contribution in [2.45, 2.75) is 289 Å². The number of amides is 1. The number of phosphoric acid groups is 1. The second-order valence-corrected chi connectivity index (χ2v) is 21.8. The van der Waals surface area contributed by atoms with E-state index in [2.05, 4.69) is 19.2 Å². The Morgan fingerprint density at radius 1 is 0.524 bits per heavy atom. The predicted molar refractivity (Wildman–Crippen MR) is 272 cm³/mol. The maximum atomic E-state index is 12.9. The fraction of sp³-hybridized carbons (Fsp3) is 0.944. The van der Waals surface area contributed by atoms with Gasteiger partial charge in [0.1, 0.15) is 13.2 Å². The number of hydrogen-bond donors (Lipinski definition) is 3. The summed E-state index contributed by atoms with van der Waals surface area (Å²) in [6, 6.07) is -0.840. The molecule has 1 amide bonds. The van der Waals surface area contributed by atoms with Gasteiger partial charge in [0.05, 0.1) is 39.9 Å². The minimum atomic E-state index is -4.34. The van der Waals surface area contributed by atoms with Crippen LogP contribution in [0.2, 0.25) is 0 Å². The number of aliphatic hydroxyl groups is 1. The molecule has 3 unspecified atom stereocenters. The number of rotatable bonds is 51. The van der Waals surface area contributed by atoms with Crippen LogP contribution in [-0.2, 0) is 18.4 Å². The molecule has 0 aliphatic heterocycles. The molecule has 0 spiro atoms. The van der Waals surface area contributed by atoms with E-state index in [0.29, 0.717) is 17.4 Å². The zero-order valence-electron chi connectivity index (χ0n) is 42.8. The van der Waals surface area contributed by atoms with Crippen molar-refractivity contribution in [3.8, 4) is 0 Å². The number of nitrogens with zero attached hydrogens (tertiary/aromatic N) is 1. The van der Waals surface area contributed by atoms with E-state index in [1.807, 2.05) is 27.2 Å². The lowest BCUT2D eigenvalue weighted by molar-refractivity contribution is -0.870. The number of aliphatic hydroxyl groups excluding tert-OH is 1. The van der Waals surface area contributed by atoms with Crippen LogP contribution < -0.4 is 5.32 Å². The molecule has 0 saturated heterocycles. The zero-order valence-corrected chi connectivity index (χ0v) is 43.7. The van der Waals surface area contributed by atoms with Crippen molar-refractivity contribution in [1.82, 2.24) is 5.32 Å². The standard InChI is InChI=1S/C54H109N2O6P/c1-6-8-10-12-14-16-18-20-21-22-23-24-25-26-27-28-29-30-31-32-33-34-36-38-40-42-44-46-48-54(58)55-52(51-62-63(59,60)61-50-49-56(3,4)5)53(57)47-45-43-41-39-37-35-19-17-15-13-11-9-7-2/h45,47,52-53,57H,6-44,46,48-51H2,1-5H3,(H-,55,58,59,60)/p+1/b47-45+. The van der Waals surface area contributed by atoms with E-state index in [1.165, 1.54) is 218 Å². The van der Waals surface area contributed by atoms with E-state index in [4.69, 9.17) is 9.05 Å². The van der Waals surface area contributed by atoms with Crippen molar-refractivity contribution >= 4 is 13.7 Å². The van der Waals surface area contributed by atoms with Gasteiger partial charge in [0.15, 0.2) is 0 Å². The summed E-state index contributed by atoms with van der Waals surface area (Å²) < 4.78 is 23.6. The third-order valence-electron chi connectivity index (χ3n) is 12.8. The van der Waals surface area contributed by atoms with Gasteiger partial charge in [-0.15, -0.1) is 0 Å². The second kappa shape index (κ2) is 46.4. The van der Waals surface area contributed by atoms with Gasteiger partial charge in [0.25, 0.3) is 0 Å². The monoisotopic (exact) mass is 914 g/mol. The van der Waals surface area contributed by atoms with Gasteiger partial charge in [-0.05, 0) is 19.3 Å². The average molecular weight is 914 g/mol. The number of unbranched alkanes of at least 4 members (excludes halogenated alkanes) is 38. The van der Waals surface area contributed by atoms with Crippen molar-refractivity contribution < 1.29 is 32.9 Å². The molecule has 0 aliphatic rings. The molecule has 0 radical (unpaired) electrons. The van der Waals surface area contributed by atoms with Crippen molar-refractivity contribution in [3.05, 3.63) is 12.2 Å². The molecule has 0 rings (SSSR count). The van der Waals surface area contributed by atoms with Gasteiger partial charge >= 0.3 is 7.82 Å². The molecule has 3 atom stereocenters. The molecule has 0 aromatic carbocycles. The zero-order chi connectivity index (χ0) is 46.4. The number of quaternary nitrogens is 1. The van der Waals surface area contributed by atoms with Crippen LogP contribution >= 0.6 is 7.82 Å². The van der Waals surface area contributed by atoms with Crippen LogP contribution in [0.4, 0.5) is 0 Å². The van der Waals surface area contributed by atoms with Crippen LogP contribution in [0.5, 0.6) is 0 Å². The van der Waals surface area contributed by atoms with Crippen LogP contribution in [0.3, 0.4) is 0 Å².